The van der Waals surface area contributed by atoms with Gasteiger partial charge in [-0.1, -0.05) is 26.2 Å². The van der Waals surface area contributed by atoms with Gasteiger partial charge in [-0.05, 0) is 59.8 Å². The smallest absolute Gasteiger partial charge is 0.0834 e. The Kier molecular flexibility index (Phi) is 6.65. The van der Waals surface area contributed by atoms with E-state index in [1.807, 2.05) is 19.5 Å². The summed E-state index contributed by atoms with van der Waals surface area (Å²) in [6.45, 7) is 3.25. The third-order valence-electron chi connectivity index (χ3n) is 4.58. The maximum atomic E-state index is 6.05. The Bertz CT molecular complexity index is 433. The van der Waals surface area contributed by atoms with Gasteiger partial charge in [0.05, 0.1) is 5.60 Å². The van der Waals surface area contributed by atoms with Crippen LogP contribution in [0.2, 0.25) is 0 Å². The van der Waals surface area contributed by atoms with Crippen LogP contribution in [0.15, 0.2) is 22.9 Å². The van der Waals surface area contributed by atoms with Gasteiger partial charge < -0.3 is 10.1 Å². The Morgan fingerprint density at radius 3 is 2.71 bits per heavy atom. The molecule has 1 saturated carbocycles. The first kappa shape index (κ1) is 16.9. The van der Waals surface area contributed by atoms with Crippen LogP contribution in [0.5, 0.6) is 0 Å². The van der Waals surface area contributed by atoms with E-state index < -0.39 is 0 Å². The first-order valence-electron chi connectivity index (χ1n) is 8.08. The zero-order chi connectivity index (χ0) is 15.1. The van der Waals surface area contributed by atoms with Gasteiger partial charge in [-0.15, -0.1) is 0 Å². The van der Waals surface area contributed by atoms with E-state index in [0.29, 0.717) is 6.04 Å². The Morgan fingerprint density at radius 1 is 1.33 bits per heavy atom. The van der Waals surface area contributed by atoms with Crippen molar-refractivity contribution < 1.29 is 4.74 Å². The second-order valence-electron chi connectivity index (χ2n) is 6.05. The van der Waals surface area contributed by atoms with E-state index in [2.05, 4.69) is 39.2 Å². The van der Waals surface area contributed by atoms with Crippen molar-refractivity contribution in [3.05, 3.63) is 28.5 Å². The Hall–Kier alpha value is -0.450. The van der Waals surface area contributed by atoms with E-state index in [0.717, 1.165) is 36.7 Å². The first-order valence-corrected chi connectivity index (χ1v) is 8.87. The molecule has 0 bridgehead atoms. The van der Waals surface area contributed by atoms with Crippen LogP contribution in [-0.2, 0) is 11.2 Å². The highest BCUT2D eigenvalue weighted by molar-refractivity contribution is 9.10. The topological polar surface area (TPSA) is 34.2 Å². The summed E-state index contributed by atoms with van der Waals surface area (Å²) in [6, 6.07) is 2.53. The molecule has 0 amide bonds. The maximum Gasteiger partial charge on any atom is 0.0834 e. The Labute approximate surface area is 137 Å². The van der Waals surface area contributed by atoms with E-state index in [1.165, 1.54) is 24.8 Å². The molecule has 2 rings (SSSR count). The van der Waals surface area contributed by atoms with Gasteiger partial charge in [0.1, 0.15) is 0 Å². The normalized spacial score (nSPS) is 19.4. The zero-order valence-electron chi connectivity index (χ0n) is 13.2. The highest BCUT2D eigenvalue weighted by atomic mass is 79.9. The lowest BCUT2D eigenvalue weighted by Crippen LogP contribution is -2.54. The molecule has 0 radical (unpaired) electrons. The van der Waals surface area contributed by atoms with E-state index in [-0.39, 0.29) is 5.60 Å². The first-order chi connectivity index (χ1) is 10.2. The minimum Gasteiger partial charge on any atom is -0.377 e. The van der Waals surface area contributed by atoms with Crippen molar-refractivity contribution in [1.82, 2.24) is 10.3 Å². The molecule has 1 heterocycles. The van der Waals surface area contributed by atoms with Gasteiger partial charge in [-0.2, -0.15) is 0 Å². The molecule has 1 aliphatic rings. The number of rotatable bonds is 7. The fraction of sp³-hybridized carbons (Fsp3) is 0.706. The summed E-state index contributed by atoms with van der Waals surface area (Å²) in [4.78, 5) is 4.30. The van der Waals surface area contributed by atoms with Crippen LogP contribution in [0.1, 0.15) is 51.0 Å². The fourth-order valence-electron chi connectivity index (χ4n) is 3.41. The molecule has 21 heavy (non-hydrogen) atoms. The van der Waals surface area contributed by atoms with Gasteiger partial charge in [0, 0.05) is 30.0 Å². The second-order valence-corrected chi connectivity index (χ2v) is 6.97. The average Bonchev–Trinajstić information content (AvgIpc) is 2.52. The number of nitrogens with zero attached hydrogens (tertiary/aromatic N) is 1. The van der Waals surface area contributed by atoms with Crippen LogP contribution in [0, 0.1) is 0 Å². The van der Waals surface area contributed by atoms with Gasteiger partial charge in [-0.25, -0.2) is 0 Å². The van der Waals surface area contributed by atoms with Crippen molar-refractivity contribution in [2.45, 2.75) is 63.5 Å². The minimum absolute atomic E-state index is 0.0181. The highest BCUT2D eigenvalue weighted by Crippen LogP contribution is 2.35. The van der Waals surface area contributed by atoms with Crippen LogP contribution in [0.4, 0.5) is 0 Å². The molecule has 0 spiro atoms. The molecule has 4 heteroatoms. The van der Waals surface area contributed by atoms with Gasteiger partial charge in [0.25, 0.3) is 0 Å². The molecule has 1 N–H and O–H groups in total. The molecule has 0 saturated heterocycles. The molecule has 0 aromatic carbocycles. The number of methoxy groups -OCH3 is 1. The summed E-state index contributed by atoms with van der Waals surface area (Å²) >= 11 is 3.52. The van der Waals surface area contributed by atoms with Crippen LogP contribution in [-0.4, -0.2) is 30.3 Å². The maximum absolute atomic E-state index is 6.05. The molecule has 1 aromatic rings. The molecule has 1 unspecified atom stereocenters. The number of halogens is 1. The SMILES string of the molecule is CCCNC(Cc1cncc(Br)c1)C1(OC)CCCCC1. The molecule has 1 fully saturated rings. The predicted molar refractivity (Wildman–Crippen MR) is 90.5 cm³/mol. The van der Waals surface area contributed by atoms with Crippen molar-refractivity contribution in [2.75, 3.05) is 13.7 Å². The summed E-state index contributed by atoms with van der Waals surface area (Å²) in [6.07, 6.45) is 12.1. The number of ether oxygens (including phenoxy) is 1. The van der Waals surface area contributed by atoms with Crippen LogP contribution in [0.25, 0.3) is 0 Å². The number of hydrogen-bond acceptors (Lipinski definition) is 3. The molecule has 118 valence electrons. The van der Waals surface area contributed by atoms with Gasteiger partial charge in [0.2, 0.25) is 0 Å². The molecular weight excluding hydrogens is 328 g/mol. The second kappa shape index (κ2) is 8.25. The van der Waals surface area contributed by atoms with Gasteiger partial charge in [0.15, 0.2) is 0 Å². The number of aromatic nitrogens is 1. The molecule has 1 aliphatic carbocycles. The molecule has 1 atom stereocenters. The van der Waals surface area contributed by atoms with Crippen molar-refractivity contribution in [3.63, 3.8) is 0 Å². The summed E-state index contributed by atoms with van der Waals surface area (Å²) < 4.78 is 7.09. The van der Waals surface area contributed by atoms with Gasteiger partial charge >= 0.3 is 0 Å². The van der Waals surface area contributed by atoms with Crippen LogP contribution in [0.3, 0.4) is 0 Å². The number of nitrogens with one attached hydrogen (secondary N) is 1. The number of pyridine rings is 1. The Balaban J connectivity index is 2.16. The lowest BCUT2D eigenvalue weighted by Gasteiger charge is -2.43. The lowest BCUT2D eigenvalue weighted by molar-refractivity contribution is -0.0672. The average molecular weight is 355 g/mol. The van der Waals surface area contributed by atoms with Crippen molar-refractivity contribution in [1.29, 1.82) is 0 Å². The van der Waals surface area contributed by atoms with E-state index in [4.69, 9.17) is 4.74 Å². The third-order valence-corrected chi connectivity index (χ3v) is 5.02. The third kappa shape index (κ3) is 4.51. The monoisotopic (exact) mass is 354 g/mol. The standard InChI is InChI=1S/C17H27BrN2O/c1-3-9-20-16(11-14-10-15(18)13-19-12-14)17(21-2)7-5-4-6-8-17/h10,12-13,16,20H,3-9,11H2,1-2H3. The van der Waals surface area contributed by atoms with E-state index >= 15 is 0 Å². The minimum atomic E-state index is -0.0181. The number of hydrogen-bond donors (Lipinski definition) is 1. The molecule has 3 nitrogen and oxygen atoms in total. The molecular formula is C17H27BrN2O. The quantitative estimate of drug-likeness (QED) is 0.800. The van der Waals surface area contributed by atoms with Crippen molar-refractivity contribution in [2.24, 2.45) is 0 Å². The van der Waals surface area contributed by atoms with E-state index in [1.54, 1.807) is 0 Å². The highest BCUT2D eigenvalue weighted by Gasteiger charge is 2.39. The van der Waals surface area contributed by atoms with E-state index in [9.17, 15) is 0 Å². The summed E-state index contributed by atoms with van der Waals surface area (Å²) in [7, 11) is 1.88. The Morgan fingerprint density at radius 2 is 2.10 bits per heavy atom. The lowest BCUT2D eigenvalue weighted by atomic mass is 9.77. The summed E-state index contributed by atoms with van der Waals surface area (Å²) in [5.41, 5.74) is 1.25. The van der Waals surface area contributed by atoms with Crippen molar-refractivity contribution >= 4 is 15.9 Å². The molecule has 0 aliphatic heterocycles. The summed E-state index contributed by atoms with van der Waals surface area (Å²) in [5, 5.41) is 3.73. The van der Waals surface area contributed by atoms with Crippen molar-refractivity contribution in [3.8, 4) is 0 Å². The predicted octanol–water partition coefficient (Wildman–Crippen LogP) is 4.10. The largest absolute Gasteiger partial charge is 0.377 e. The van der Waals surface area contributed by atoms with Crippen LogP contribution >= 0.6 is 15.9 Å². The molecule has 1 aromatic heterocycles. The summed E-state index contributed by atoms with van der Waals surface area (Å²) in [5.74, 6) is 0. The van der Waals surface area contributed by atoms with Crippen LogP contribution < -0.4 is 5.32 Å². The fourth-order valence-corrected chi connectivity index (χ4v) is 3.82. The van der Waals surface area contributed by atoms with Gasteiger partial charge in [-0.3, -0.25) is 4.98 Å². The zero-order valence-corrected chi connectivity index (χ0v) is 14.8.